The van der Waals surface area contributed by atoms with Crippen molar-refractivity contribution >= 4 is 5.65 Å². The number of hydrogen-bond donors (Lipinski definition) is 1. The average molecular weight is 190 g/mol. The maximum Gasteiger partial charge on any atom is 0.139 e. The van der Waals surface area contributed by atoms with Crippen molar-refractivity contribution in [3.05, 3.63) is 35.8 Å². The summed E-state index contributed by atoms with van der Waals surface area (Å²) < 4.78 is 1.95. The van der Waals surface area contributed by atoms with Gasteiger partial charge < -0.3 is 9.51 Å². The second kappa shape index (κ2) is 3.42. The van der Waals surface area contributed by atoms with Gasteiger partial charge in [-0.2, -0.15) is 0 Å². The standard InChI is InChI=1S/C11H14N2O/c1-3-10(14)9-7-12-11-8(2)5-4-6-13(9)11/h4-7,10,14H,3H2,1-2H3/t10-/m1/s1. The predicted octanol–water partition coefficient (Wildman–Crippen LogP) is 2.09. The molecular weight excluding hydrogens is 176 g/mol. The molecule has 2 aromatic rings. The first-order chi connectivity index (χ1) is 6.74. The van der Waals surface area contributed by atoms with Crippen molar-refractivity contribution in [2.45, 2.75) is 26.4 Å². The van der Waals surface area contributed by atoms with Gasteiger partial charge in [0, 0.05) is 6.20 Å². The quantitative estimate of drug-likeness (QED) is 0.787. The minimum absolute atomic E-state index is 0.424. The summed E-state index contributed by atoms with van der Waals surface area (Å²) in [6.45, 7) is 3.98. The highest BCUT2D eigenvalue weighted by molar-refractivity contribution is 5.48. The van der Waals surface area contributed by atoms with Crippen LogP contribution in [0.1, 0.15) is 30.7 Å². The second-order valence-electron chi connectivity index (χ2n) is 3.49. The van der Waals surface area contributed by atoms with Crippen LogP contribution in [0.3, 0.4) is 0 Å². The molecule has 0 aliphatic carbocycles. The molecule has 0 fully saturated rings. The molecule has 0 bridgehead atoms. The molecule has 3 nitrogen and oxygen atoms in total. The van der Waals surface area contributed by atoms with Crippen molar-refractivity contribution in [1.82, 2.24) is 9.38 Å². The molecule has 0 unspecified atom stereocenters. The fourth-order valence-corrected chi connectivity index (χ4v) is 1.63. The summed E-state index contributed by atoms with van der Waals surface area (Å²) in [7, 11) is 0. The lowest BCUT2D eigenvalue weighted by molar-refractivity contribution is 0.168. The molecule has 0 aromatic carbocycles. The lowest BCUT2D eigenvalue weighted by atomic mass is 10.2. The summed E-state index contributed by atoms with van der Waals surface area (Å²) in [6, 6.07) is 3.99. The van der Waals surface area contributed by atoms with E-state index in [1.54, 1.807) is 6.20 Å². The summed E-state index contributed by atoms with van der Waals surface area (Å²) in [5.41, 5.74) is 2.92. The van der Waals surface area contributed by atoms with Gasteiger partial charge in [-0.05, 0) is 25.0 Å². The third-order valence-electron chi connectivity index (χ3n) is 2.49. The van der Waals surface area contributed by atoms with Crippen molar-refractivity contribution in [3.63, 3.8) is 0 Å². The van der Waals surface area contributed by atoms with Gasteiger partial charge in [-0.15, -0.1) is 0 Å². The number of aryl methyl sites for hydroxylation is 1. The highest BCUT2D eigenvalue weighted by atomic mass is 16.3. The van der Waals surface area contributed by atoms with Crippen LogP contribution in [0.5, 0.6) is 0 Å². The van der Waals surface area contributed by atoms with E-state index in [0.717, 1.165) is 16.9 Å². The molecule has 0 radical (unpaired) electrons. The Labute approximate surface area is 83.0 Å². The molecule has 0 aliphatic heterocycles. The minimum atomic E-state index is -0.424. The summed E-state index contributed by atoms with van der Waals surface area (Å²) in [5, 5.41) is 9.75. The Bertz CT molecular complexity index is 447. The number of hydrogen-bond acceptors (Lipinski definition) is 2. The van der Waals surface area contributed by atoms with Gasteiger partial charge in [-0.1, -0.05) is 13.0 Å². The van der Waals surface area contributed by atoms with Gasteiger partial charge in [-0.25, -0.2) is 4.98 Å². The van der Waals surface area contributed by atoms with Gasteiger partial charge in [0.15, 0.2) is 0 Å². The molecule has 0 saturated carbocycles. The first-order valence-electron chi connectivity index (χ1n) is 4.84. The minimum Gasteiger partial charge on any atom is -0.387 e. The zero-order valence-electron chi connectivity index (χ0n) is 8.44. The van der Waals surface area contributed by atoms with Crippen LogP contribution in [-0.4, -0.2) is 14.5 Å². The van der Waals surface area contributed by atoms with Crippen LogP contribution in [0.4, 0.5) is 0 Å². The number of rotatable bonds is 2. The van der Waals surface area contributed by atoms with Gasteiger partial charge in [0.25, 0.3) is 0 Å². The Balaban J connectivity index is 2.63. The number of pyridine rings is 1. The number of aromatic nitrogens is 2. The molecule has 2 rings (SSSR count). The van der Waals surface area contributed by atoms with Crippen LogP contribution in [0.2, 0.25) is 0 Å². The molecule has 1 atom stereocenters. The van der Waals surface area contributed by atoms with Crippen molar-refractivity contribution in [2.24, 2.45) is 0 Å². The fourth-order valence-electron chi connectivity index (χ4n) is 1.63. The molecule has 3 heteroatoms. The van der Waals surface area contributed by atoms with Crippen molar-refractivity contribution in [2.75, 3.05) is 0 Å². The molecule has 0 aliphatic rings. The Morgan fingerprint density at radius 2 is 2.36 bits per heavy atom. The topological polar surface area (TPSA) is 37.5 Å². The summed E-state index contributed by atoms with van der Waals surface area (Å²) >= 11 is 0. The van der Waals surface area contributed by atoms with E-state index in [4.69, 9.17) is 0 Å². The third kappa shape index (κ3) is 1.30. The van der Waals surface area contributed by atoms with Crippen LogP contribution in [0.25, 0.3) is 5.65 Å². The number of aliphatic hydroxyl groups is 1. The summed E-state index contributed by atoms with van der Waals surface area (Å²) in [5.74, 6) is 0. The summed E-state index contributed by atoms with van der Waals surface area (Å²) in [4.78, 5) is 4.29. The average Bonchev–Trinajstić information content (AvgIpc) is 2.62. The SMILES string of the molecule is CC[C@@H](O)c1cnc2c(C)cccn12. The van der Waals surface area contributed by atoms with Gasteiger partial charge in [0.05, 0.1) is 18.0 Å². The van der Waals surface area contributed by atoms with Crippen LogP contribution in [-0.2, 0) is 0 Å². The molecule has 14 heavy (non-hydrogen) atoms. The maximum atomic E-state index is 9.75. The Morgan fingerprint density at radius 3 is 3.07 bits per heavy atom. The van der Waals surface area contributed by atoms with E-state index in [1.165, 1.54) is 0 Å². The van der Waals surface area contributed by atoms with E-state index in [0.29, 0.717) is 6.42 Å². The Morgan fingerprint density at radius 1 is 1.57 bits per heavy atom. The smallest absolute Gasteiger partial charge is 0.139 e. The highest BCUT2D eigenvalue weighted by Crippen LogP contribution is 2.19. The number of aliphatic hydroxyl groups excluding tert-OH is 1. The predicted molar refractivity (Wildman–Crippen MR) is 55.2 cm³/mol. The van der Waals surface area contributed by atoms with Crippen molar-refractivity contribution in [3.8, 4) is 0 Å². The Hall–Kier alpha value is -1.35. The van der Waals surface area contributed by atoms with Crippen LogP contribution in [0, 0.1) is 6.92 Å². The molecular formula is C11H14N2O. The first kappa shape index (κ1) is 9.21. The van der Waals surface area contributed by atoms with Gasteiger partial charge in [0.2, 0.25) is 0 Å². The monoisotopic (exact) mass is 190 g/mol. The third-order valence-corrected chi connectivity index (χ3v) is 2.49. The van der Waals surface area contributed by atoms with Crippen molar-refractivity contribution in [1.29, 1.82) is 0 Å². The lowest BCUT2D eigenvalue weighted by Gasteiger charge is -2.07. The Kier molecular flexibility index (Phi) is 2.25. The van der Waals surface area contributed by atoms with Crippen LogP contribution < -0.4 is 0 Å². The molecule has 0 saturated heterocycles. The van der Waals surface area contributed by atoms with Crippen LogP contribution >= 0.6 is 0 Å². The van der Waals surface area contributed by atoms with E-state index in [2.05, 4.69) is 4.98 Å². The van der Waals surface area contributed by atoms with Crippen LogP contribution in [0.15, 0.2) is 24.5 Å². The fraction of sp³-hybridized carbons (Fsp3) is 0.364. The molecule has 74 valence electrons. The highest BCUT2D eigenvalue weighted by Gasteiger charge is 2.11. The van der Waals surface area contributed by atoms with E-state index >= 15 is 0 Å². The molecule has 0 spiro atoms. The largest absolute Gasteiger partial charge is 0.387 e. The first-order valence-corrected chi connectivity index (χ1v) is 4.84. The second-order valence-corrected chi connectivity index (χ2v) is 3.49. The summed E-state index contributed by atoms with van der Waals surface area (Å²) in [6.07, 6.45) is 3.97. The maximum absolute atomic E-state index is 9.75. The van der Waals surface area contributed by atoms with E-state index in [-0.39, 0.29) is 0 Å². The van der Waals surface area contributed by atoms with E-state index in [9.17, 15) is 5.11 Å². The van der Waals surface area contributed by atoms with E-state index in [1.807, 2.05) is 36.6 Å². The number of fused-ring (bicyclic) bond motifs is 1. The number of nitrogens with zero attached hydrogens (tertiary/aromatic N) is 2. The molecule has 0 amide bonds. The van der Waals surface area contributed by atoms with Crippen molar-refractivity contribution < 1.29 is 5.11 Å². The van der Waals surface area contributed by atoms with Gasteiger partial charge in [0.1, 0.15) is 5.65 Å². The zero-order chi connectivity index (χ0) is 10.1. The zero-order valence-corrected chi connectivity index (χ0v) is 8.44. The number of imidazole rings is 1. The van der Waals surface area contributed by atoms with Gasteiger partial charge in [-0.3, -0.25) is 0 Å². The molecule has 2 heterocycles. The molecule has 1 N–H and O–H groups in total. The van der Waals surface area contributed by atoms with E-state index < -0.39 is 6.10 Å². The molecule has 2 aromatic heterocycles. The normalized spacial score (nSPS) is 13.4. The lowest BCUT2D eigenvalue weighted by Crippen LogP contribution is -2.00. The van der Waals surface area contributed by atoms with Gasteiger partial charge >= 0.3 is 0 Å².